The Hall–Kier alpha value is -0.180. The summed E-state index contributed by atoms with van der Waals surface area (Å²) in [5.41, 5.74) is -0.121. The van der Waals surface area contributed by atoms with Gasteiger partial charge in [0, 0.05) is 0 Å². The van der Waals surface area contributed by atoms with Crippen LogP contribution in [0.5, 0.6) is 0 Å². The fourth-order valence-electron chi connectivity index (χ4n) is 2.51. The van der Waals surface area contributed by atoms with Crippen molar-refractivity contribution in [2.24, 2.45) is 0 Å². The average molecular weight is 445 g/mol. The first-order valence-corrected chi connectivity index (χ1v) is 11.4. The largest absolute Gasteiger partial charge is 0.224 e. The summed E-state index contributed by atoms with van der Waals surface area (Å²) >= 11 is 24.0. The van der Waals surface area contributed by atoms with Crippen LogP contribution >= 0.6 is 46.4 Å². The fourth-order valence-corrected chi connectivity index (χ4v) is 5.80. The Bertz CT molecular complexity index is 713. The Morgan fingerprint density at radius 2 is 1.24 bits per heavy atom. The molecular weight excluding hydrogens is 424 g/mol. The quantitative estimate of drug-likeness (QED) is 0.286. The van der Waals surface area contributed by atoms with Gasteiger partial charge in [0.05, 0.1) is 31.4 Å². The van der Waals surface area contributed by atoms with Crippen molar-refractivity contribution in [1.82, 2.24) is 0 Å². The van der Waals surface area contributed by atoms with E-state index in [1.807, 2.05) is 0 Å². The van der Waals surface area contributed by atoms with Crippen molar-refractivity contribution in [3.63, 3.8) is 0 Å². The van der Waals surface area contributed by atoms with Gasteiger partial charge < -0.3 is 0 Å². The molecule has 0 amide bonds. The Kier molecular flexibility index (Phi) is 9.92. The molecule has 25 heavy (non-hydrogen) atoms. The van der Waals surface area contributed by atoms with Gasteiger partial charge in [-0.2, -0.15) is 5.26 Å². The highest BCUT2D eigenvalue weighted by molar-refractivity contribution is 7.91. The van der Waals surface area contributed by atoms with Gasteiger partial charge in [-0.3, -0.25) is 0 Å². The van der Waals surface area contributed by atoms with Crippen molar-refractivity contribution < 1.29 is 8.42 Å². The second-order valence-corrected chi connectivity index (χ2v) is 9.42. The zero-order chi connectivity index (χ0) is 19.0. The number of nitrogens with zero attached hydrogens (tertiary/aromatic N) is 1. The van der Waals surface area contributed by atoms with Gasteiger partial charge >= 0.3 is 0 Å². The summed E-state index contributed by atoms with van der Waals surface area (Å²) in [4.78, 5) is -0.284. The lowest BCUT2D eigenvalue weighted by Gasteiger charge is -2.13. The maximum Gasteiger partial charge on any atom is 0.181 e. The van der Waals surface area contributed by atoms with Crippen LogP contribution in [0.2, 0.25) is 20.1 Å². The summed E-state index contributed by atoms with van der Waals surface area (Å²) in [7, 11) is -3.74. The lowest BCUT2D eigenvalue weighted by molar-refractivity contribution is 0.572. The van der Waals surface area contributed by atoms with Crippen LogP contribution in [0, 0.1) is 11.3 Å². The third-order valence-corrected chi connectivity index (χ3v) is 7.70. The van der Waals surface area contributed by atoms with Crippen molar-refractivity contribution in [2.75, 3.05) is 5.75 Å². The minimum absolute atomic E-state index is 0.0834. The normalized spacial score (nSPS) is 11.5. The molecule has 0 bridgehead atoms. The maximum atomic E-state index is 12.6. The molecule has 0 aromatic heterocycles. The third kappa shape index (κ3) is 6.19. The number of unbranched alkanes of at least 4 members (excludes halogenated alkanes) is 7. The van der Waals surface area contributed by atoms with E-state index in [-0.39, 0.29) is 36.3 Å². The van der Waals surface area contributed by atoms with Crippen LogP contribution in [0.1, 0.15) is 63.9 Å². The Morgan fingerprint density at radius 3 is 1.68 bits per heavy atom. The van der Waals surface area contributed by atoms with Crippen LogP contribution in [0.15, 0.2) is 4.90 Å². The lowest BCUT2D eigenvalue weighted by atomic mass is 10.1. The number of benzene rings is 1. The summed E-state index contributed by atoms with van der Waals surface area (Å²) in [6.45, 7) is 2.17. The Labute approximate surface area is 170 Å². The molecule has 8 heteroatoms. The van der Waals surface area contributed by atoms with Gasteiger partial charge in [-0.1, -0.05) is 98.3 Å². The zero-order valence-corrected chi connectivity index (χ0v) is 17.9. The highest BCUT2D eigenvalue weighted by atomic mass is 35.5. The van der Waals surface area contributed by atoms with Crippen LogP contribution < -0.4 is 0 Å². The summed E-state index contributed by atoms with van der Waals surface area (Å²) in [5.74, 6) is -0.0834. The molecule has 1 aromatic carbocycles. The molecule has 0 fully saturated rings. The third-order valence-electron chi connectivity index (χ3n) is 3.91. The van der Waals surface area contributed by atoms with Crippen molar-refractivity contribution in [1.29, 1.82) is 5.26 Å². The predicted octanol–water partition coefficient (Wildman–Crippen LogP) is 7.09. The molecule has 0 unspecified atom stereocenters. The molecule has 1 rings (SSSR count). The lowest BCUT2D eigenvalue weighted by Crippen LogP contribution is -2.09. The second kappa shape index (κ2) is 10.8. The number of hydrogen-bond donors (Lipinski definition) is 0. The van der Waals surface area contributed by atoms with E-state index in [4.69, 9.17) is 51.7 Å². The summed E-state index contributed by atoms with van der Waals surface area (Å²) < 4.78 is 25.2. The number of sulfone groups is 1. The Balaban J connectivity index is 2.76. The molecule has 0 aliphatic carbocycles. The highest BCUT2D eigenvalue weighted by Crippen LogP contribution is 2.43. The number of hydrogen-bond acceptors (Lipinski definition) is 3. The van der Waals surface area contributed by atoms with E-state index in [9.17, 15) is 8.42 Å². The van der Waals surface area contributed by atoms with Crippen LogP contribution in [0.25, 0.3) is 0 Å². The first kappa shape index (κ1) is 22.9. The van der Waals surface area contributed by atoms with E-state index in [1.165, 1.54) is 25.7 Å². The highest BCUT2D eigenvalue weighted by Gasteiger charge is 2.28. The van der Waals surface area contributed by atoms with Crippen molar-refractivity contribution in [3.8, 4) is 6.07 Å². The van der Waals surface area contributed by atoms with Crippen LogP contribution in [0.3, 0.4) is 0 Å². The first-order valence-electron chi connectivity index (χ1n) is 8.26. The topological polar surface area (TPSA) is 57.9 Å². The SMILES string of the molecule is CCCCCCCCCCS(=O)(=O)c1c(Cl)c(Cl)c(C#N)c(Cl)c1Cl. The van der Waals surface area contributed by atoms with Crippen LogP contribution in [0.4, 0.5) is 0 Å². The number of nitriles is 1. The van der Waals surface area contributed by atoms with Gasteiger partial charge in [-0.25, -0.2) is 8.42 Å². The zero-order valence-electron chi connectivity index (χ0n) is 14.0. The van der Waals surface area contributed by atoms with Crippen LogP contribution in [-0.4, -0.2) is 14.2 Å². The van der Waals surface area contributed by atoms with Gasteiger partial charge in [0.15, 0.2) is 9.84 Å². The van der Waals surface area contributed by atoms with E-state index < -0.39 is 9.84 Å². The van der Waals surface area contributed by atoms with Crippen molar-refractivity contribution in [3.05, 3.63) is 25.7 Å². The predicted molar refractivity (Wildman–Crippen MR) is 106 cm³/mol. The molecule has 3 nitrogen and oxygen atoms in total. The summed E-state index contributed by atoms with van der Waals surface area (Å²) in [6.07, 6.45) is 8.28. The van der Waals surface area contributed by atoms with Crippen molar-refractivity contribution in [2.45, 2.75) is 63.2 Å². The molecule has 0 saturated heterocycles. The fraction of sp³-hybridized carbons (Fsp3) is 0.588. The van der Waals surface area contributed by atoms with E-state index in [1.54, 1.807) is 6.07 Å². The minimum atomic E-state index is -3.74. The van der Waals surface area contributed by atoms with E-state index >= 15 is 0 Å². The van der Waals surface area contributed by atoms with Gasteiger partial charge in [0.25, 0.3) is 0 Å². The Morgan fingerprint density at radius 1 is 0.800 bits per heavy atom. The molecule has 1 aromatic rings. The van der Waals surface area contributed by atoms with Gasteiger partial charge in [-0.15, -0.1) is 0 Å². The first-order chi connectivity index (χ1) is 11.8. The van der Waals surface area contributed by atoms with E-state index in [0.717, 1.165) is 19.3 Å². The van der Waals surface area contributed by atoms with Gasteiger partial charge in [0.2, 0.25) is 0 Å². The standard InChI is InChI=1S/C17H21Cl4NO2S/c1-2-3-4-5-6-7-8-9-10-25(23,24)17-15(20)13(18)12(11-22)14(19)16(17)21/h2-10H2,1H3. The maximum absolute atomic E-state index is 12.6. The number of halogens is 4. The molecule has 0 radical (unpaired) electrons. The van der Waals surface area contributed by atoms with Gasteiger partial charge in [-0.05, 0) is 6.42 Å². The molecule has 0 spiro atoms. The molecule has 0 aliphatic rings. The number of rotatable bonds is 10. The van der Waals surface area contributed by atoms with Gasteiger partial charge in [0.1, 0.15) is 11.0 Å². The molecule has 0 aliphatic heterocycles. The smallest absolute Gasteiger partial charge is 0.181 e. The summed E-state index contributed by atoms with van der Waals surface area (Å²) in [6, 6.07) is 1.78. The molecule has 0 heterocycles. The monoisotopic (exact) mass is 443 g/mol. The van der Waals surface area contributed by atoms with Crippen LogP contribution in [-0.2, 0) is 9.84 Å². The molecular formula is C17H21Cl4NO2S. The van der Waals surface area contributed by atoms with E-state index in [2.05, 4.69) is 6.92 Å². The average Bonchev–Trinajstić information content (AvgIpc) is 2.56. The molecule has 0 saturated carbocycles. The van der Waals surface area contributed by atoms with E-state index in [0.29, 0.717) is 6.42 Å². The van der Waals surface area contributed by atoms with Crippen molar-refractivity contribution >= 4 is 56.2 Å². The molecule has 140 valence electrons. The molecule has 0 atom stereocenters. The minimum Gasteiger partial charge on any atom is -0.224 e. The molecule has 0 N–H and O–H groups in total. The summed E-state index contributed by atoms with van der Waals surface area (Å²) in [5, 5.41) is 8.17. The second-order valence-electron chi connectivity index (χ2n) is 5.87.